The third kappa shape index (κ3) is 6.29. The van der Waals surface area contributed by atoms with Crippen LogP contribution in [0.4, 0.5) is 0 Å². The van der Waals surface area contributed by atoms with Crippen LogP contribution in [0, 0.1) is 11.5 Å². The second-order valence-electron chi connectivity index (χ2n) is 3.83. The van der Waals surface area contributed by atoms with Crippen molar-refractivity contribution in [2.24, 2.45) is 0 Å². The van der Waals surface area contributed by atoms with Gasteiger partial charge in [-0.15, -0.1) is 12.1 Å². The molecule has 0 aliphatic heterocycles. The van der Waals surface area contributed by atoms with Gasteiger partial charge in [0, 0.05) is 0 Å². The summed E-state index contributed by atoms with van der Waals surface area (Å²) in [5.41, 5.74) is 5.01. The summed E-state index contributed by atoms with van der Waals surface area (Å²) < 4.78 is 22.3. The van der Waals surface area contributed by atoms with E-state index in [9.17, 15) is 4.57 Å². The predicted octanol–water partition coefficient (Wildman–Crippen LogP) is 3.23. The van der Waals surface area contributed by atoms with Crippen molar-refractivity contribution in [1.29, 1.82) is 0 Å². The Morgan fingerprint density at radius 1 is 1.31 bits per heavy atom. The third-order valence-electron chi connectivity index (χ3n) is 1.85. The van der Waals surface area contributed by atoms with E-state index >= 15 is 0 Å². The minimum atomic E-state index is -3.00. The van der Waals surface area contributed by atoms with E-state index in [2.05, 4.69) is 31.1 Å². The highest BCUT2D eigenvalue weighted by molar-refractivity contribution is 7.54. The zero-order chi connectivity index (χ0) is 12.7. The van der Waals surface area contributed by atoms with E-state index in [1.807, 2.05) is 5.70 Å². The standard InChI is InChI=1S/C11H21O3PSi/c1-6-13-15(12,14-7-2)10-9-11-16(4,5)8-3/h8H,3,6-7,10H2,1-2,4-5H3. The molecule has 0 saturated carbocycles. The van der Waals surface area contributed by atoms with E-state index in [-0.39, 0.29) is 6.16 Å². The first-order valence-electron chi connectivity index (χ1n) is 5.41. The minimum Gasteiger partial charge on any atom is -0.308 e. The van der Waals surface area contributed by atoms with Gasteiger partial charge in [-0.2, -0.15) is 0 Å². The lowest BCUT2D eigenvalue weighted by Crippen LogP contribution is -2.19. The van der Waals surface area contributed by atoms with Crippen LogP contribution in [-0.2, 0) is 13.6 Å². The summed E-state index contributed by atoms with van der Waals surface area (Å²) in [5.74, 6) is 2.91. The van der Waals surface area contributed by atoms with Gasteiger partial charge in [-0.25, -0.2) is 0 Å². The maximum Gasteiger partial charge on any atom is 0.342 e. The molecule has 0 fully saturated rings. The van der Waals surface area contributed by atoms with Crippen LogP contribution in [0.25, 0.3) is 0 Å². The number of hydrogen-bond donors (Lipinski definition) is 0. The largest absolute Gasteiger partial charge is 0.342 e. The van der Waals surface area contributed by atoms with Crippen LogP contribution >= 0.6 is 7.60 Å². The fourth-order valence-electron chi connectivity index (χ4n) is 0.937. The quantitative estimate of drug-likeness (QED) is 0.418. The zero-order valence-corrected chi connectivity index (χ0v) is 12.5. The smallest absolute Gasteiger partial charge is 0.308 e. The normalized spacial score (nSPS) is 11.8. The minimum absolute atomic E-state index is 0.166. The summed E-state index contributed by atoms with van der Waals surface area (Å²) in [6.07, 6.45) is 0.166. The van der Waals surface area contributed by atoms with Crippen molar-refractivity contribution < 1.29 is 13.6 Å². The van der Waals surface area contributed by atoms with Crippen molar-refractivity contribution in [3.8, 4) is 11.5 Å². The Morgan fingerprint density at radius 2 is 1.81 bits per heavy atom. The molecular weight excluding hydrogens is 239 g/mol. The first-order chi connectivity index (χ1) is 7.39. The lowest BCUT2D eigenvalue weighted by atomic mass is 10.8. The van der Waals surface area contributed by atoms with Gasteiger partial charge in [-0.05, 0) is 13.8 Å². The van der Waals surface area contributed by atoms with Crippen molar-refractivity contribution in [2.75, 3.05) is 19.4 Å². The molecule has 0 radical (unpaired) electrons. The molecule has 0 heterocycles. The summed E-state index contributed by atoms with van der Waals surface area (Å²) >= 11 is 0. The van der Waals surface area contributed by atoms with Gasteiger partial charge in [0.25, 0.3) is 0 Å². The van der Waals surface area contributed by atoms with Gasteiger partial charge in [0.2, 0.25) is 0 Å². The Labute approximate surface area is 99.8 Å². The summed E-state index contributed by atoms with van der Waals surface area (Å²) in [6.45, 7) is 12.3. The SMILES string of the molecule is C=C[Si](C)(C)C#CCP(=O)(OCC)OCC. The predicted molar refractivity (Wildman–Crippen MR) is 71.2 cm³/mol. The molecule has 3 nitrogen and oxygen atoms in total. The third-order valence-corrected chi connectivity index (χ3v) is 5.54. The van der Waals surface area contributed by atoms with E-state index in [4.69, 9.17) is 9.05 Å². The fraction of sp³-hybridized carbons (Fsp3) is 0.636. The maximum atomic E-state index is 12.0. The van der Waals surface area contributed by atoms with Crippen LogP contribution in [-0.4, -0.2) is 27.4 Å². The van der Waals surface area contributed by atoms with Crippen LogP contribution in [0.15, 0.2) is 12.3 Å². The van der Waals surface area contributed by atoms with Crippen LogP contribution in [0.5, 0.6) is 0 Å². The summed E-state index contributed by atoms with van der Waals surface area (Å²) in [5, 5.41) is 0. The highest BCUT2D eigenvalue weighted by atomic mass is 31.2. The van der Waals surface area contributed by atoms with Crippen molar-refractivity contribution in [3.05, 3.63) is 12.3 Å². The Balaban J connectivity index is 4.54. The van der Waals surface area contributed by atoms with Gasteiger partial charge in [-0.3, -0.25) is 4.57 Å². The molecule has 0 aromatic carbocycles. The first kappa shape index (κ1) is 15.7. The molecule has 0 spiro atoms. The molecule has 0 rings (SSSR count). The summed E-state index contributed by atoms with van der Waals surface area (Å²) in [6, 6.07) is 0. The number of hydrogen-bond acceptors (Lipinski definition) is 3. The van der Waals surface area contributed by atoms with Gasteiger partial charge in [0.1, 0.15) is 6.16 Å². The Hall–Kier alpha value is -0.333. The number of rotatable bonds is 6. The van der Waals surface area contributed by atoms with Gasteiger partial charge < -0.3 is 9.05 Å². The first-order valence-corrected chi connectivity index (χ1v) is 10.2. The summed E-state index contributed by atoms with van der Waals surface area (Å²) in [7, 11) is -4.65. The maximum absolute atomic E-state index is 12.0. The molecule has 0 aliphatic rings. The van der Waals surface area contributed by atoms with Crippen molar-refractivity contribution in [1.82, 2.24) is 0 Å². The van der Waals surface area contributed by atoms with Crippen molar-refractivity contribution in [3.63, 3.8) is 0 Å². The average molecular weight is 260 g/mol. The van der Waals surface area contributed by atoms with Gasteiger partial charge in [0.05, 0.1) is 13.2 Å². The Morgan fingerprint density at radius 3 is 2.19 bits per heavy atom. The molecule has 0 aromatic heterocycles. The van der Waals surface area contributed by atoms with E-state index in [1.54, 1.807) is 13.8 Å². The summed E-state index contributed by atoms with van der Waals surface area (Å²) in [4.78, 5) is 0. The molecule has 0 saturated heterocycles. The highest BCUT2D eigenvalue weighted by Gasteiger charge is 2.22. The zero-order valence-electron chi connectivity index (χ0n) is 10.6. The van der Waals surface area contributed by atoms with Crippen molar-refractivity contribution >= 4 is 15.7 Å². The lowest BCUT2D eigenvalue weighted by Gasteiger charge is -2.14. The average Bonchev–Trinajstić information content (AvgIpc) is 2.18. The molecule has 0 atom stereocenters. The van der Waals surface area contributed by atoms with Crippen LogP contribution in [0.1, 0.15) is 13.8 Å². The van der Waals surface area contributed by atoms with E-state index < -0.39 is 15.7 Å². The topological polar surface area (TPSA) is 35.5 Å². The van der Waals surface area contributed by atoms with Gasteiger partial charge >= 0.3 is 7.60 Å². The molecule has 0 amide bonds. The molecule has 16 heavy (non-hydrogen) atoms. The second kappa shape index (κ2) is 7.08. The molecular formula is C11H21O3PSi. The monoisotopic (exact) mass is 260 g/mol. The molecule has 0 bridgehead atoms. The van der Waals surface area contributed by atoms with Crippen LogP contribution < -0.4 is 0 Å². The van der Waals surface area contributed by atoms with Gasteiger partial charge in [-0.1, -0.05) is 24.7 Å². The molecule has 0 N–H and O–H groups in total. The molecule has 92 valence electrons. The van der Waals surface area contributed by atoms with E-state index in [0.29, 0.717) is 13.2 Å². The van der Waals surface area contributed by atoms with Gasteiger partial charge in [0.15, 0.2) is 8.07 Å². The lowest BCUT2D eigenvalue weighted by molar-refractivity contribution is 0.223. The van der Waals surface area contributed by atoms with Crippen molar-refractivity contribution in [2.45, 2.75) is 26.9 Å². The molecule has 0 unspecified atom stereocenters. The molecule has 5 heteroatoms. The fourth-order valence-corrected chi connectivity index (χ4v) is 3.05. The Bertz CT molecular complexity index is 318. The Kier molecular flexibility index (Phi) is 6.94. The van der Waals surface area contributed by atoms with E-state index in [0.717, 1.165) is 0 Å². The highest BCUT2D eigenvalue weighted by Crippen LogP contribution is 2.47. The molecule has 0 aliphatic carbocycles. The van der Waals surface area contributed by atoms with E-state index in [1.165, 1.54) is 0 Å². The molecule has 0 aromatic rings. The van der Waals surface area contributed by atoms with Crippen LogP contribution in [0.2, 0.25) is 13.1 Å². The van der Waals surface area contributed by atoms with Crippen LogP contribution in [0.3, 0.4) is 0 Å². The second-order valence-corrected chi connectivity index (χ2v) is 9.99.